The molecule has 3 aromatic heterocycles. The quantitative estimate of drug-likeness (QED) is 0.306. The van der Waals surface area contributed by atoms with Gasteiger partial charge in [-0.2, -0.15) is 9.78 Å². The van der Waals surface area contributed by atoms with E-state index in [9.17, 15) is 4.79 Å². The van der Waals surface area contributed by atoms with Crippen LogP contribution in [0, 0.1) is 6.92 Å². The number of aromatic nitrogens is 5. The number of hydrogen-bond acceptors (Lipinski definition) is 10. The van der Waals surface area contributed by atoms with Crippen LogP contribution in [0.1, 0.15) is 34.3 Å². The van der Waals surface area contributed by atoms with E-state index >= 15 is 0 Å². The number of aryl methyl sites for hydroxylation is 1. The van der Waals surface area contributed by atoms with Gasteiger partial charge in [-0.1, -0.05) is 12.1 Å². The second kappa shape index (κ2) is 9.39. The minimum atomic E-state index is -0.543. The Morgan fingerprint density at radius 1 is 1.31 bits per heavy atom. The van der Waals surface area contributed by atoms with Crippen LogP contribution in [0.2, 0.25) is 0 Å². The van der Waals surface area contributed by atoms with Gasteiger partial charge < -0.3 is 10.5 Å². The van der Waals surface area contributed by atoms with E-state index < -0.39 is 5.91 Å². The van der Waals surface area contributed by atoms with Gasteiger partial charge in [0.25, 0.3) is 5.91 Å². The molecule has 1 amide bonds. The molecule has 4 rings (SSSR count). The number of thiophene rings is 1. The number of benzene rings is 1. The maximum Gasteiger partial charge on any atom is 0.294 e. The van der Waals surface area contributed by atoms with E-state index in [2.05, 4.69) is 35.8 Å². The summed E-state index contributed by atoms with van der Waals surface area (Å²) in [6.07, 6.45) is 2.48. The molecule has 0 aliphatic carbocycles. The van der Waals surface area contributed by atoms with Gasteiger partial charge in [-0.15, -0.1) is 16.4 Å². The molecule has 0 saturated heterocycles. The van der Waals surface area contributed by atoms with Gasteiger partial charge in [-0.3, -0.25) is 4.79 Å². The second-order valence-electron chi connectivity index (χ2n) is 6.71. The Labute approximate surface area is 186 Å². The highest BCUT2D eigenvalue weighted by Gasteiger charge is 2.25. The van der Waals surface area contributed by atoms with Crippen LogP contribution in [-0.4, -0.2) is 44.0 Å². The third kappa shape index (κ3) is 4.34. The lowest BCUT2D eigenvalue weighted by molar-refractivity contribution is 0.0950. The van der Waals surface area contributed by atoms with Crippen LogP contribution in [0.3, 0.4) is 0 Å². The van der Waals surface area contributed by atoms with E-state index in [1.54, 1.807) is 30.5 Å². The Morgan fingerprint density at radius 3 is 2.78 bits per heavy atom. The van der Waals surface area contributed by atoms with Gasteiger partial charge in [-0.25, -0.2) is 10.1 Å². The fourth-order valence-electron chi connectivity index (χ4n) is 2.83. The number of nitrogens with zero attached hydrogens (tertiary/aromatic N) is 6. The number of carbonyl (C=O) groups is 1. The summed E-state index contributed by atoms with van der Waals surface area (Å²) in [7, 11) is 0. The Bertz CT molecular complexity index is 1240. The molecule has 0 unspecified atom stereocenters. The number of amides is 1. The lowest BCUT2D eigenvalue weighted by atomic mass is 10.1. The monoisotopic (exact) mass is 452 g/mol. The Hall–Kier alpha value is -4.06. The number of nitrogens with two attached hydrogens (primary N) is 1. The zero-order chi connectivity index (χ0) is 22.5. The largest absolute Gasteiger partial charge is 0.494 e. The molecule has 3 heterocycles. The topological polar surface area (TPSA) is 146 Å². The van der Waals surface area contributed by atoms with Gasteiger partial charge in [0.1, 0.15) is 11.4 Å². The van der Waals surface area contributed by atoms with Gasteiger partial charge in [0.2, 0.25) is 11.6 Å². The molecule has 4 aromatic rings. The normalized spacial score (nSPS) is 11.2. The molecule has 164 valence electrons. The summed E-state index contributed by atoms with van der Waals surface area (Å²) in [5.74, 6) is 0.296. The van der Waals surface area contributed by atoms with Crippen LogP contribution in [-0.2, 0) is 0 Å². The molecule has 1 aromatic carbocycles. The van der Waals surface area contributed by atoms with E-state index in [-0.39, 0.29) is 17.3 Å². The number of hydrazone groups is 1. The fraction of sp³-hybridized carbons (Fsp3) is 0.200. The van der Waals surface area contributed by atoms with Crippen molar-refractivity contribution in [1.82, 2.24) is 30.7 Å². The first-order valence-electron chi connectivity index (χ1n) is 9.73. The molecule has 0 spiro atoms. The fourth-order valence-corrected chi connectivity index (χ4v) is 3.61. The van der Waals surface area contributed by atoms with Crippen molar-refractivity contribution >= 4 is 29.3 Å². The molecule has 0 aliphatic rings. The molecule has 0 saturated carbocycles. The van der Waals surface area contributed by atoms with Crippen molar-refractivity contribution in [3.8, 4) is 22.8 Å². The van der Waals surface area contributed by atoms with Crippen LogP contribution >= 0.6 is 11.3 Å². The Balaban J connectivity index is 1.67. The lowest BCUT2D eigenvalue weighted by Crippen LogP contribution is -2.19. The van der Waals surface area contributed by atoms with Gasteiger partial charge in [0.05, 0.1) is 12.8 Å². The first kappa shape index (κ1) is 21.2. The summed E-state index contributed by atoms with van der Waals surface area (Å²) >= 11 is 1.52. The summed E-state index contributed by atoms with van der Waals surface area (Å²) in [6, 6.07) is 9.15. The molecular formula is C20H20N8O3S. The smallest absolute Gasteiger partial charge is 0.294 e. The average molecular weight is 453 g/mol. The van der Waals surface area contributed by atoms with Crippen LogP contribution in [0.5, 0.6) is 5.75 Å². The summed E-state index contributed by atoms with van der Waals surface area (Å²) in [5.41, 5.74) is 10.4. The van der Waals surface area contributed by atoms with Crippen molar-refractivity contribution < 1.29 is 14.2 Å². The zero-order valence-corrected chi connectivity index (χ0v) is 18.2. The first-order chi connectivity index (χ1) is 15.6. The third-order valence-electron chi connectivity index (χ3n) is 4.43. The summed E-state index contributed by atoms with van der Waals surface area (Å²) in [6.45, 7) is 4.60. The Kier molecular flexibility index (Phi) is 6.22. The molecule has 0 radical (unpaired) electrons. The summed E-state index contributed by atoms with van der Waals surface area (Å²) in [4.78, 5) is 13.8. The van der Waals surface area contributed by atoms with Crippen molar-refractivity contribution in [2.24, 2.45) is 5.10 Å². The van der Waals surface area contributed by atoms with Crippen LogP contribution in [0.4, 0.5) is 5.82 Å². The van der Waals surface area contributed by atoms with Crippen molar-refractivity contribution in [2.45, 2.75) is 20.3 Å². The van der Waals surface area contributed by atoms with Crippen LogP contribution in [0.25, 0.3) is 17.1 Å². The van der Waals surface area contributed by atoms with E-state index in [1.807, 2.05) is 25.3 Å². The molecule has 0 bridgehead atoms. The van der Waals surface area contributed by atoms with Crippen molar-refractivity contribution in [3.63, 3.8) is 0 Å². The highest BCUT2D eigenvalue weighted by molar-refractivity contribution is 7.11. The van der Waals surface area contributed by atoms with E-state index in [1.165, 1.54) is 16.0 Å². The molecule has 11 nitrogen and oxygen atoms in total. The second-order valence-corrected chi connectivity index (χ2v) is 7.66. The molecule has 0 atom stereocenters. The van der Waals surface area contributed by atoms with E-state index in [4.69, 9.17) is 10.5 Å². The highest BCUT2D eigenvalue weighted by Crippen LogP contribution is 2.28. The van der Waals surface area contributed by atoms with Crippen LogP contribution in [0.15, 0.2) is 45.4 Å². The van der Waals surface area contributed by atoms with Gasteiger partial charge in [0, 0.05) is 10.4 Å². The third-order valence-corrected chi connectivity index (χ3v) is 5.39. The summed E-state index contributed by atoms with van der Waals surface area (Å²) < 4.78 is 11.6. The molecule has 0 aliphatic heterocycles. The van der Waals surface area contributed by atoms with Crippen molar-refractivity contribution in [3.05, 3.63) is 51.8 Å². The predicted molar refractivity (Wildman–Crippen MR) is 119 cm³/mol. The maximum atomic E-state index is 12.9. The molecule has 12 heteroatoms. The zero-order valence-electron chi connectivity index (χ0n) is 17.3. The number of nitrogens with one attached hydrogen (secondary N) is 1. The maximum absolute atomic E-state index is 12.9. The minimum Gasteiger partial charge on any atom is -0.494 e. The van der Waals surface area contributed by atoms with E-state index in [0.29, 0.717) is 23.6 Å². The van der Waals surface area contributed by atoms with Gasteiger partial charge >= 0.3 is 0 Å². The molecule has 32 heavy (non-hydrogen) atoms. The Morgan fingerprint density at radius 2 is 2.12 bits per heavy atom. The number of ether oxygens (including phenoxy) is 1. The van der Waals surface area contributed by atoms with Gasteiger partial charge in [-0.05, 0) is 64.9 Å². The van der Waals surface area contributed by atoms with E-state index in [0.717, 1.165) is 16.9 Å². The van der Waals surface area contributed by atoms with Crippen LogP contribution < -0.4 is 15.9 Å². The number of rotatable bonds is 8. The summed E-state index contributed by atoms with van der Waals surface area (Å²) in [5, 5.41) is 21.4. The first-order valence-corrected chi connectivity index (χ1v) is 10.6. The predicted octanol–water partition coefficient (Wildman–Crippen LogP) is 2.82. The SMILES string of the molecule is CCCOc1ccc(-c2c(C(=O)N/N=C/c3sccc3C)nnn2-c2nonc2N)cc1. The van der Waals surface area contributed by atoms with Crippen molar-refractivity contribution in [1.29, 1.82) is 0 Å². The number of nitrogen functional groups attached to an aromatic ring is 1. The van der Waals surface area contributed by atoms with Crippen molar-refractivity contribution in [2.75, 3.05) is 12.3 Å². The standard InChI is InChI=1S/C20H20N8O3S/c1-3-9-30-14-6-4-13(5-7-14)17-16(23-27-28(17)19-18(21)25-31-26-19)20(29)24-22-11-15-12(2)8-10-32-15/h4-8,10-11H,3,9H2,1-2H3,(H2,21,25)(H,24,29)/b22-11+. The molecule has 3 N–H and O–H groups in total. The number of anilines is 1. The number of hydrogen-bond donors (Lipinski definition) is 2. The highest BCUT2D eigenvalue weighted by atomic mass is 32.1. The average Bonchev–Trinajstić information content (AvgIpc) is 3.52. The minimum absolute atomic E-state index is 0.0113. The molecular weight excluding hydrogens is 432 g/mol. The number of carbonyl (C=O) groups excluding carboxylic acids is 1. The molecule has 0 fully saturated rings. The van der Waals surface area contributed by atoms with Gasteiger partial charge in [0.15, 0.2) is 5.69 Å². The lowest BCUT2D eigenvalue weighted by Gasteiger charge is -2.08.